The molecule has 0 bridgehead atoms. The molecule has 8 heteroatoms. The number of hydrogen-bond acceptors (Lipinski definition) is 6. The fraction of sp³-hybridized carbons (Fsp3) is 0.667. The van der Waals surface area contributed by atoms with Crippen LogP contribution in [0.2, 0.25) is 0 Å². The highest BCUT2D eigenvalue weighted by molar-refractivity contribution is 7.09. The minimum absolute atomic E-state index is 0.182. The van der Waals surface area contributed by atoms with Gasteiger partial charge in [-0.1, -0.05) is 13.8 Å². The summed E-state index contributed by atoms with van der Waals surface area (Å²) in [5.74, 6) is -0.504. The van der Waals surface area contributed by atoms with Gasteiger partial charge in [0, 0.05) is 5.38 Å². The molecule has 0 saturated carbocycles. The second-order valence-corrected chi connectivity index (χ2v) is 6.91. The van der Waals surface area contributed by atoms with Crippen molar-refractivity contribution in [1.82, 2.24) is 10.3 Å². The molecule has 2 atom stereocenters. The maximum atomic E-state index is 12.2. The summed E-state index contributed by atoms with van der Waals surface area (Å²) in [5, 5.41) is 5.01. The summed E-state index contributed by atoms with van der Waals surface area (Å²) in [4.78, 5) is 27.9. The lowest BCUT2D eigenvalue weighted by Crippen LogP contribution is -2.44. The van der Waals surface area contributed by atoms with Gasteiger partial charge in [-0.05, 0) is 38.1 Å². The van der Waals surface area contributed by atoms with E-state index in [0.717, 1.165) is 24.3 Å². The third kappa shape index (κ3) is 6.64. The number of thiazole rings is 1. The summed E-state index contributed by atoms with van der Waals surface area (Å²) < 4.78 is 0. The first-order chi connectivity index (χ1) is 10.8. The van der Waals surface area contributed by atoms with Crippen LogP contribution in [0.15, 0.2) is 5.38 Å². The van der Waals surface area contributed by atoms with Crippen LogP contribution in [0.1, 0.15) is 61.1 Å². The molecular formula is C15H27N5O2S. The number of nitrogens with two attached hydrogens (primary N) is 3. The maximum Gasteiger partial charge on any atom is 0.271 e. The molecule has 23 heavy (non-hydrogen) atoms. The Morgan fingerprint density at radius 2 is 2.04 bits per heavy atom. The fourth-order valence-corrected chi connectivity index (χ4v) is 3.00. The molecule has 0 aliphatic carbocycles. The summed E-state index contributed by atoms with van der Waals surface area (Å²) in [7, 11) is 0. The quantitative estimate of drug-likeness (QED) is 0.469. The van der Waals surface area contributed by atoms with Crippen LogP contribution in [-0.4, -0.2) is 29.4 Å². The van der Waals surface area contributed by atoms with Crippen molar-refractivity contribution in [3.05, 3.63) is 16.1 Å². The minimum Gasteiger partial charge on any atom is -0.368 e. The zero-order valence-corrected chi connectivity index (χ0v) is 14.6. The van der Waals surface area contributed by atoms with E-state index < -0.39 is 17.9 Å². The van der Waals surface area contributed by atoms with Crippen molar-refractivity contribution < 1.29 is 9.59 Å². The molecule has 7 N–H and O–H groups in total. The summed E-state index contributed by atoms with van der Waals surface area (Å²) in [6.45, 7) is 4.71. The van der Waals surface area contributed by atoms with E-state index in [2.05, 4.69) is 24.1 Å². The third-order valence-electron chi connectivity index (χ3n) is 3.39. The second kappa shape index (κ2) is 9.59. The van der Waals surface area contributed by atoms with Gasteiger partial charge in [0.1, 0.15) is 16.7 Å². The molecule has 0 aliphatic rings. The van der Waals surface area contributed by atoms with Gasteiger partial charge in [0.15, 0.2) is 0 Å². The van der Waals surface area contributed by atoms with Crippen LogP contribution in [0.25, 0.3) is 0 Å². The lowest BCUT2D eigenvalue weighted by Gasteiger charge is -2.14. The van der Waals surface area contributed by atoms with E-state index in [9.17, 15) is 9.59 Å². The minimum atomic E-state index is -0.705. The molecule has 1 aromatic heterocycles. The first-order valence-corrected chi connectivity index (χ1v) is 8.74. The average molecular weight is 341 g/mol. The summed E-state index contributed by atoms with van der Waals surface area (Å²) >= 11 is 1.36. The Hall–Kier alpha value is -1.51. The van der Waals surface area contributed by atoms with Gasteiger partial charge >= 0.3 is 0 Å². The fourth-order valence-electron chi connectivity index (χ4n) is 2.18. The third-order valence-corrected chi connectivity index (χ3v) is 4.37. The van der Waals surface area contributed by atoms with Crippen molar-refractivity contribution in [2.75, 3.05) is 6.54 Å². The second-order valence-electron chi connectivity index (χ2n) is 6.02. The molecule has 0 spiro atoms. The highest BCUT2D eigenvalue weighted by atomic mass is 32.1. The van der Waals surface area contributed by atoms with Crippen molar-refractivity contribution in [3.63, 3.8) is 0 Å². The highest BCUT2D eigenvalue weighted by Crippen LogP contribution is 2.22. The number of aromatic nitrogens is 1. The maximum absolute atomic E-state index is 12.2. The zero-order chi connectivity index (χ0) is 17.4. The number of rotatable bonds is 10. The summed E-state index contributed by atoms with van der Waals surface area (Å²) in [6.07, 6.45) is 2.79. The first-order valence-electron chi connectivity index (χ1n) is 7.86. The number of carbonyl (C=O) groups excluding carboxylic acids is 2. The Morgan fingerprint density at radius 3 is 2.61 bits per heavy atom. The van der Waals surface area contributed by atoms with Crippen LogP contribution >= 0.6 is 11.3 Å². The number of nitrogens with zero attached hydrogens (tertiary/aromatic N) is 1. The van der Waals surface area contributed by atoms with Gasteiger partial charge in [-0.15, -0.1) is 11.3 Å². The summed E-state index contributed by atoms with van der Waals surface area (Å²) in [5.41, 5.74) is 17.1. The highest BCUT2D eigenvalue weighted by Gasteiger charge is 2.21. The predicted octanol–water partition coefficient (Wildman–Crippen LogP) is 0.902. The van der Waals surface area contributed by atoms with Crippen LogP contribution in [0.3, 0.4) is 0 Å². The van der Waals surface area contributed by atoms with E-state index in [4.69, 9.17) is 17.2 Å². The van der Waals surface area contributed by atoms with Gasteiger partial charge in [0.25, 0.3) is 5.91 Å². The number of amides is 2. The lowest BCUT2D eigenvalue weighted by molar-refractivity contribution is -0.120. The number of nitrogens with one attached hydrogen (secondary N) is 1. The van der Waals surface area contributed by atoms with Crippen molar-refractivity contribution >= 4 is 23.2 Å². The Kier molecular flexibility index (Phi) is 8.15. The normalized spacial score (nSPS) is 13.8. The van der Waals surface area contributed by atoms with Crippen molar-refractivity contribution in [3.8, 4) is 0 Å². The van der Waals surface area contributed by atoms with Gasteiger partial charge in [-0.3, -0.25) is 9.59 Å². The van der Waals surface area contributed by atoms with Crippen LogP contribution in [0, 0.1) is 5.92 Å². The van der Waals surface area contributed by atoms with Gasteiger partial charge in [-0.2, -0.15) is 0 Å². The molecule has 0 fully saturated rings. The molecule has 7 nitrogen and oxygen atoms in total. The van der Waals surface area contributed by atoms with Crippen LogP contribution in [0.4, 0.5) is 0 Å². The van der Waals surface area contributed by atoms with E-state index in [0.29, 0.717) is 18.9 Å². The molecule has 0 aromatic carbocycles. The van der Waals surface area contributed by atoms with E-state index in [1.54, 1.807) is 5.38 Å². The van der Waals surface area contributed by atoms with Gasteiger partial charge in [0.2, 0.25) is 5.91 Å². The van der Waals surface area contributed by atoms with Crippen LogP contribution in [-0.2, 0) is 4.79 Å². The molecular weight excluding hydrogens is 314 g/mol. The Morgan fingerprint density at radius 1 is 1.35 bits per heavy atom. The topological polar surface area (TPSA) is 137 Å². The van der Waals surface area contributed by atoms with E-state index in [-0.39, 0.29) is 11.7 Å². The van der Waals surface area contributed by atoms with E-state index in [1.165, 1.54) is 11.3 Å². The van der Waals surface area contributed by atoms with E-state index >= 15 is 0 Å². The molecule has 130 valence electrons. The Labute approximate surface area is 141 Å². The zero-order valence-electron chi connectivity index (χ0n) is 13.7. The van der Waals surface area contributed by atoms with Crippen molar-refractivity contribution in [2.45, 2.75) is 51.6 Å². The van der Waals surface area contributed by atoms with Gasteiger partial charge in [-0.25, -0.2) is 4.98 Å². The van der Waals surface area contributed by atoms with Crippen LogP contribution < -0.4 is 22.5 Å². The molecule has 1 aromatic rings. The van der Waals surface area contributed by atoms with E-state index in [1.807, 2.05) is 0 Å². The predicted molar refractivity (Wildman–Crippen MR) is 91.9 cm³/mol. The Bertz CT molecular complexity index is 518. The SMILES string of the molecule is CC(C)CC(N)c1nc(C(=O)NC(CCCCN)C(N)=O)cs1. The van der Waals surface area contributed by atoms with Crippen molar-refractivity contribution in [1.29, 1.82) is 0 Å². The molecule has 0 aliphatic heterocycles. The monoisotopic (exact) mass is 341 g/mol. The Balaban J connectivity index is 2.65. The number of unbranched alkanes of at least 4 members (excludes halogenated alkanes) is 1. The van der Waals surface area contributed by atoms with Crippen LogP contribution in [0.5, 0.6) is 0 Å². The molecule has 1 heterocycles. The molecule has 0 radical (unpaired) electrons. The lowest BCUT2D eigenvalue weighted by atomic mass is 10.1. The molecule has 1 rings (SSSR count). The molecule has 0 saturated heterocycles. The molecule has 2 amide bonds. The first kappa shape index (κ1) is 19.5. The van der Waals surface area contributed by atoms with Gasteiger partial charge < -0.3 is 22.5 Å². The average Bonchev–Trinajstić information content (AvgIpc) is 2.95. The number of primary amides is 1. The largest absolute Gasteiger partial charge is 0.368 e. The number of carbonyl (C=O) groups is 2. The summed E-state index contributed by atoms with van der Waals surface area (Å²) in [6, 6.07) is -0.887. The van der Waals surface area contributed by atoms with Gasteiger partial charge in [0.05, 0.1) is 6.04 Å². The van der Waals surface area contributed by atoms with Crippen molar-refractivity contribution in [2.24, 2.45) is 23.1 Å². The standard InChI is InChI=1S/C15H27N5O2S/c1-9(2)7-10(17)15-20-12(8-23-15)14(22)19-11(13(18)21)5-3-4-6-16/h8-11H,3-7,16-17H2,1-2H3,(H2,18,21)(H,19,22). The smallest absolute Gasteiger partial charge is 0.271 e. The number of hydrogen-bond donors (Lipinski definition) is 4. The molecule has 2 unspecified atom stereocenters.